The first-order chi connectivity index (χ1) is 10.1. The summed E-state index contributed by atoms with van der Waals surface area (Å²) in [6.45, 7) is 1.79. The van der Waals surface area contributed by atoms with Gasteiger partial charge in [0.05, 0.1) is 12.8 Å². The molecule has 0 amide bonds. The summed E-state index contributed by atoms with van der Waals surface area (Å²) >= 11 is 4.94. The summed E-state index contributed by atoms with van der Waals surface area (Å²) in [5.41, 5.74) is 3.29. The first-order valence-corrected chi connectivity index (χ1v) is 6.76. The summed E-state index contributed by atoms with van der Waals surface area (Å²) in [6.07, 6.45) is 1.50. The second-order valence-electron chi connectivity index (χ2n) is 3.75. The lowest BCUT2D eigenvalue weighted by Gasteiger charge is -2.11. The van der Waals surface area contributed by atoms with Crippen molar-refractivity contribution < 1.29 is 18.3 Å². The van der Waals surface area contributed by atoms with Crippen molar-refractivity contribution in [3.63, 3.8) is 0 Å². The van der Waals surface area contributed by atoms with Crippen LogP contribution in [0.4, 0.5) is 8.78 Å². The molecule has 5 nitrogen and oxygen atoms in total. The normalized spacial score (nSPS) is 10.7. The molecule has 0 radical (unpaired) electrons. The average Bonchev–Trinajstić information content (AvgIpc) is 2.41. The van der Waals surface area contributed by atoms with Crippen LogP contribution in [0.1, 0.15) is 19.4 Å². The second-order valence-corrected chi connectivity index (χ2v) is 4.16. The molecule has 8 heteroatoms. The van der Waals surface area contributed by atoms with Crippen molar-refractivity contribution in [2.75, 3.05) is 13.2 Å². The number of hydrogen-bond donors (Lipinski definition) is 2. The number of rotatable bonds is 7. The molecule has 0 fully saturated rings. The number of hydrazone groups is 1. The van der Waals surface area contributed by atoms with Crippen LogP contribution in [0.5, 0.6) is 11.5 Å². The molecule has 0 saturated carbocycles. The second kappa shape index (κ2) is 9.06. The Morgan fingerprint density at radius 2 is 2.14 bits per heavy atom. The van der Waals surface area contributed by atoms with Crippen LogP contribution < -0.4 is 20.2 Å². The van der Waals surface area contributed by atoms with Crippen LogP contribution in [0, 0.1) is 0 Å². The van der Waals surface area contributed by atoms with Gasteiger partial charge in [0.1, 0.15) is 0 Å². The SMILES string of the molecule is CCNC(=S)N/N=C\c1ccc(OC(F)F)c(OCC)c1. The quantitative estimate of drug-likeness (QED) is 0.460. The van der Waals surface area contributed by atoms with E-state index >= 15 is 0 Å². The van der Waals surface area contributed by atoms with Crippen molar-refractivity contribution in [2.24, 2.45) is 5.10 Å². The lowest BCUT2D eigenvalue weighted by molar-refractivity contribution is -0.0514. The zero-order chi connectivity index (χ0) is 15.7. The van der Waals surface area contributed by atoms with Crippen LogP contribution in [-0.4, -0.2) is 31.1 Å². The molecule has 0 spiro atoms. The molecule has 0 unspecified atom stereocenters. The number of alkyl halides is 2. The van der Waals surface area contributed by atoms with E-state index in [9.17, 15) is 8.78 Å². The zero-order valence-corrected chi connectivity index (χ0v) is 12.5. The fourth-order valence-corrected chi connectivity index (χ4v) is 1.63. The van der Waals surface area contributed by atoms with Gasteiger partial charge in [-0.3, -0.25) is 5.43 Å². The molecule has 0 atom stereocenters. The monoisotopic (exact) mass is 317 g/mol. The third kappa shape index (κ3) is 6.35. The molecular formula is C13H17F2N3O2S. The maximum atomic E-state index is 12.3. The minimum atomic E-state index is -2.90. The van der Waals surface area contributed by atoms with E-state index in [0.29, 0.717) is 23.8 Å². The third-order valence-corrected chi connectivity index (χ3v) is 2.44. The molecule has 1 aromatic carbocycles. The largest absolute Gasteiger partial charge is 0.490 e. The van der Waals surface area contributed by atoms with Gasteiger partial charge in [-0.05, 0) is 49.8 Å². The predicted molar refractivity (Wildman–Crippen MR) is 81.2 cm³/mol. The van der Waals surface area contributed by atoms with Crippen LogP contribution in [0.25, 0.3) is 0 Å². The smallest absolute Gasteiger partial charge is 0.387 e. The number of halogens is 2. The molecule has 0 aliphatic carbocycles. The highest BCUT2D eigenvalue weighted by atomic mass is 32.1. The van der Waals surface area contributed by atoms with E-state index in [1.807, 2.05) is 6.92 Å². The Kier molecular flexibility index (Phi) is 7.38. The lowest BCUT2D eigenvalue weighted by Crippen LogP contribution is -2.31. The molecule has 0 aliphatic heterocycles. The Hall–Kier alpha value is -1.96. The van der Waals surface area contributed by atoms with Gasteiger partial charge in [0.15, 0.2) is 16.6 Å². The Bertz CT molecular complexity index is 498. The molecule has 0 aromatic heterocycles. The molecule has 0 saturated heterocycles. The number of nitrogens with one attached hydrogen (secondary N) is 2. The van der Waals surface area contributed by atoms with E-state index in [1.165, 1.54) is 12.3 Å². The minimum absolute atomic E-state index is 0.0138. The van der Waals surface area contributed by atoms with Gasteiger partial charge in [-0.25, -0.2) is 0 Å². The lowest BCUT2D eigenvalue weighted by atomic mass is 10.2. The Morgan fingerprint density at radius 3 is 2.76 bits per heavy atom. The molecule has 1 rings (SSSR count). The molecule has 116 valence electrons. The number of hydrogen-bond acceptors (Lipinski definition) is 4. The molecular weight excluding hydrogens is 300 g/mol. The first kappa shape index (κ1) is 17.1. The standard InChI is InChI=1S/C13H17F2N3O2S/c1-3-16-13(21)18-17-8-9-5-6-10(20-12(14)15)11(7-9)19-4-2/h5-8,12H,3-4H2,1-2H3,(H2,16,18,21)/b17-8-. The van der Waals surface area contributed by atoms with Gasteiger partial charge in [-0.1, -0.05) is 0 Å². The summed E-state index contributed by atoms with van der Waals surface area (Å²) in [5.74, 6) is 0.219. The van der Waals surface area contributed by atoms with E-state index in [2.05, 4.69) is 20.6 Å². The Balaban J connectivity index is 2.77. The molecule has 0 bridgehead atoms. The van der Waals surface area contributed by atoms with Crippen molar-refractivity contribution in [1.29, 1.82) is 0 Å². The molecule has 21 heavy (non-hydrogen) atoms. The van der Waals surface area contributed by atoms with Crippen LogP contribution in [0.2, 0.25) is 0 Å². The first-order valence-electron chi connectivity index (χ1n) is 6.35. The predicted octanol–water partition coefficient (Wildman–Crippen LogP) is 2.50. The number of benzene rings is 1. The van der Waals surface area contributed by atoms with Gasteiger partial charge in [0, 0.05) is 6.54 Å². The van der Waals surface area contributed by atoms with Crippen molar-refractivity contribution in [3.05, 3.63) is 23.8 Å². The van der Waals surface area contributed by atoms with Gasteiger partial charge in [-0.2, -0.15) is 13.9 Å². The zero-order valence-electron chi connectivity index (χ0n) is 11.7. The highest BCUT2D eigenvalue weighted by Crippen LogP contribution is 2.29. The third-order valence-electron chi connectivity index (χ3n) is 2.20. The van der Waals surface area contributed by atoms with E-state index in [-0.39, 0.29) is 11.5 Å². The Morgan fingerprint density at radius 1 is 1.38 bits per heavy atom. The van der Waals surface area contributed by atoms with Crippen LogP contribution in [0.3, 0.4) is 0 Å². The maximum Gasteiger partial charge on any atom is 0.387 e. The summed E-state index contributed by atoms with van der Waals surface area (Å²) < 4.78 is 34.2. The van der Waals surface area contributed by atoms with Gasteiger partial charge in [-0.15, -0.1) is 0 Å². The average molecular weight is 317 g/mol. The summed E-state index contributed by atoms with van der Waals surface area (Å²) in [5, 5.41) is 7.20. The van der Waals surface area contributed by atoms with Gasteiger partial charge in [0.25, 0.3) is 0 Å². The summed E-state index contributed by atoms with van der Waals surface area (Å²) in [6, 6.07) is 4.55. The van der Waals surface area contributed by atoms with E-state index in [1.54, 1.807) is 19.1 Å². The topological polar surface area (TPSA) is 54.9 Å². The van der Waals surface area contributed by atoms with Crippen molar-refractivity contribution >= 4 is 23.5 Å². The number of ether oxygens (including phenoxy) is 2. The van der Waals surface area contributed by atoms with Crippen LogP contribution >= 0.6 is 12.2 Å². The molecule has 2 N–H and O–H groups in total. The fourth-order valence-electron chi connectivity index (χ4n) is 1.43. The van der Waals surface area contributed by atoms with Gasteiger partial charge < -0.3 is 14.8 Å². The van der Waals surface area contributed by atoms with Crippen molar-refractivity contribution in [3.8, 4) is 11.5 Å². The summed E-state index contributed by atoms with van der Waals surface area (Å²) in [4.78, 5) is 0. The Labute approximate surface area is 127 Å². The molecule has 0 heterocycles. The van der Waals surface area contributed by atoms with E-state index in [0.717, 1.165) is 0 Å². The fraction of sp³-hybridized carbons (Fsp3) is 0.385. The van der Waals surface area contributed by atoms with E-state index < -0.39 is 6.61 Å². The highest BCUT2D eigenvalue weighted by Gasteiger charge is 2.11. The van der Waals surface area contributed by atoms with Crippen LogP contribution in [0.15, 0.2) is 23.3 Å². The van der Waals surface area contributed by atoms with Crippen molar-refractivity contribution in [1.82, 2.24) is 10.7 Å². The highest BCUT2D eigenvalue weighted by molar-refractivity contribution is 7.80. The van der Waals surface area contributed by atoms with E-state index in [4.69, 9.17) is 17.0 Å². The summed E-state index contributed by atoms with van der Waals surface area (Å²) in [7, 11) is 0. The van der Waals surface area contributed by atoms with Crippen molar-refractivity contribution in [2.45, 2.75) is 20.5 Å². The molecule has 0 aliphatic rings. The van der Waals surface area contributed by atoms with Gasteiger partial charge >= 0.3 is 6.61 Å². The maximum absolute atomic E-state index is 12.3. The van der Waals surface area contributed by atoms with Gasteiger partial charge in [0.2, 0.25) is 0 Å². The van der Waals surface area contributed by atoms with Crippen LogP contribution in [-0.2, 0) is 0 Å². The molecule has 1 aromatic rings. The minimum Gasteiger partial charge on any atom is -0.490 e. The number of nitrogens with zero attached hydrogens (tertiary/aromatic N) is 1. The number of thiocarbonyl (C=S) groups is 1.